The number of para-hydroxylation sites is 2. The van der Waals surface area contributed by atoms with Crippen molar-refractivity contribution in [2.45, 2.75) is 12.5 Å². The SMILES string of the molecule is COc1ccc(N2CCN(C(=O)CCN3CC(C(=O)N4CCOCC4)Oc4ccccc43)CC2)cc1. The van der Waals surface area contributed by atoms with Crippen molar-refractivity contribution in [3.63, 3.8) is 0 Å². The molecule has 0 aromatic heterocycles. The number of anilines is 2. The van der Waals surface area contributed by atoms with Crippen LogP contribution in [-0.4, -0.2) is 100 Å². The lowest BCUT2D eigenvalue weighted by Gasteiger charge is -2.39. The lowest BCUT2D eigenvalue weighted by atomic mass is 10.1. The Hall–Kier alpha value is -3.46. The van der Waals surface area contributed by atoms with Crippen LogP contribution in [0.4, 0.5) is 11.4 Å². The number of ether oxygens (including phenoxy) is 3. The van der Waals surface area contributed by atoms with E-state index in [1.165, 1.54) is 0 Å². The second-order valence-electron chi connectivity index (χ2n) is 9.27. The number of hydrogen-bond acceptors (Lipinski definition) is 7. The molecule has 0 saturated carbocycles. The molecule has 2 aromatic rings. The molecule has 0 bridgehead atoms. The lowest BCUT2D eigenvalue weighted by Crippen LogP contribution is -2.53. The summed E-state index contributed by atoms with van der Waals surface area (Å²) in [4.78, 5) is 34.4. The molecular weight excluding hydrogens is 460 g/mol. The average Bonchev–Trinajstić information content (AvgIpc) is 2.95. The van der Waals surface area contributed by atoms with E-state index in [4.69, 9.17) is 14.2 Å². The van der Waals surface area contributed by atoms with Gasteiger partial charge < -0.3 is 33.8 Å². The Morgan fingerprint density at radius 3 is 2.36 bits per heavy atom. The number of rotatable bonds is 6. The Bertz CT molecular complexity index is 1050. The van der Waals surface area contributed by atoms with Crippen LogP contribution in [0.5, 0.6) is 11.5 Å². The first-order chi connectivity index (χ1) is 17.6. The van der Waals surface area contributed by atoms with Gasteiger partial charge in [0.15, 0.2) is 6.10 Å². The summed E-state index contributed by atoms with van der Waals surface area (Å²) in [5.74, 6) is 1.66. The molecular formula is C27H34N4O5. The van der Waals surface area contributed by atoms with Crippen LogP contribution in [-0.2, 0) is 14.3 Å². The van der Waals surface area contributed by atoms with E-state index < -0.39 is 6.10 Å². The largest absolute Gasteiger partial charge is 0.497 e. The van der Waals surface area contributed by atoms with Gasteiger partial charge in [-0.1, -0.05) is 12.1 Å². The highest BCUT2D eigenvalue weighted by molar-refractivity contribution is 5.84. The molecule has 192 valence electrons. The standard InChI is InChI=1S/C27H34N4O5/c1-34-22-8-6-21(7-9-22)28-12-14-29(15-13-28)26(32)10-11-31-20-25(27(33)30-16-18-35-19-17-30)36-24-5-3-2-4-23(24)31/h2-9,25H,10-20H2,1H3. The van der Waals surface area contributed by atoms with E-state index in [0.717, 1.165) is 30.2 Å². The zero-order valence-corrected chi connectivity index (χ0v) is 20.8. The molecule has 9 nitrogen and oxygen atoms in total. The molecule has 2 amide bonds. The molecule has 0 radical (unpaired) electrons. The number of morpholine rings is 1. The quantitative estimate of drug-likeness (QED) is 0.607. The molecule has 1 atom stereocenters. The maximum atomic E-state index is 13.1. The van der Waals surface area contributed by atoms with Gasteiger partial charge in [0.05, 0.1) is 32.6 Å². The minimum atomic E-state index is -0.582. The topological polar surface area (TPSA) is 74.8 Å². The van der Waals surface area contributed by atoms with Crippen LogP contribution in [0.25, 0.3) is 0 Å². The monoisotopic (exact) mass is 494 g/mol. The van der Waals surface area contributed by atoms with E-state index >= 15 is 0 Å². The summed E-state index contributed by atoms with van der Waals surface area (Å²) in [6.45, 7) is 6.26. The van der Waals surface area contributed by atoms with Gasteiger partial charge in [0.2, 0.25) is 5.91 Å². The van der Waals surface area contributed by atoms with Crippen molar-refractivity contribution in [3.8, 4) is 11.5 Å². The summed E-state index contributed by atoms with van der Waals surface area (Å²) in [7, 11) is 1.66. The van der Waals surface area contributed by atoms with Crippen LogP contribution in [0.2, 0.25) is 0 Å². The second-order valence-corrected chi connectivity index (χ2v) is 9.27. The number of amides is 2. The number of benzene rings is 2. The maximum absolute atomic E-state index is 13.1. The van der Waals surface area contributed by atoms with Gasteiger partial charge in [-0.2, -0.15) is 0 Å². The van der Waals surface area contributed by atoms with Gasteiger partial charge in [-0.15, -0.1) is 0 Å². The first-order valence-electron chi connectivity index (χ1n) is 12.7. The van der Waals surface area contributed by atoms with Gasteiger partial charge in [0, 0.05) is 57.9 Å². The molecule has 3 heterocycles. The van der Waals surface area contributed by atoms with E-state index in [1.807, 2.05) is 46.2 Å². The first kappa shape index (κ1) is 24.2. The molecule has 1 unspecified atom stereocenters. The maximum Gasteiger partial charge on any atom is 0.265 e. The normalized spacial score (nSPS) is 20.0. The van der Waals surface area contributed by atoms with Crippen molar-refractivity contribution < 1.29 is 23.8 Å². The Balaban J connectivity index is 1.17. The smallest absolute Gasteiger partial charge is 0.265 e. The van der Waals surface area contributed by atoms with E-state index in [9.17, 15) is 9.59 Å². The van der Waals surface area contributed by atoms with Gasteiger partial charge in [0.1, 0.15) is 11.5 Å². The number of hydrogen-bond donors (Lipinski definition) is 0. The first-order valence-corrected chi connectivity index (χ1v) is 12.7. The average molecular weight is 495 g/mol. The summed E-state index contributed by atoms with van der Waals surface area (Å²) >= 11 is 0. The van der Waals surface area contributed by atoms with Crippen molar-refractivity contribution in [2.24, 2.45) is 0 Å². The van der Waals surface area contributed by atoms with Crippen LogP contribution in [0, 0.1) is 0 Å². The Morgan fingerprint density at radius 1 is 0.917 bits per heavy atom. The van der Waals surface area contributed by atoms with E-state index in [0.29, 0.717) is 64.7 Å². The Morgan fingerprint density at radius 2 is 1.64 bits per heavy atom. The highest BCUT2D eigenvalue weighted by atomic mass is 16.5. The molecule has 0 N–H and O–H groups in total. The molecule has 5 rings (SSSR count). The molecule has 2 fully saturated rings. The Kier molecular flexibility index (Phi) is 7.46. The van der Waals surface area contributed by atoms with Gasteiger partial charge in [0.25, 0.3) is 5.91 Å². The molecule has 2 aromatic carbocycles. The zero-order valence-electron chi connectivity index (χ0n) is 20.8. The highest BCUT2D eigenvalue weighted by Crippen LogP contribution is 2.33. The van der Waals surface area contributed by atoms with Crippen molar-refractivity contribution in [2.75, 3.05) is 82.5 Å². The van der Waals surface area contributed by atoms with Crippen LogP contribution in [0.15, 0.2) is 48.5 Å². The molecule has 0 spiro atoms. The molecule has 2 saturated heterocycles. The molecule has 9 heteroatoms. The zero-order chi connectivity index (χ0) is 24.9. The summed E-state index contributed by atoms with van der Waals surface area (Å²) < 4.78 is 16.7. The summed E-state index contributed by atoms with van der Waals surface area (Å²) in [5, 5.41) is 0. The van der Waals surface area contributed by atoms with Gasteiger partial charge in [-0.3, -0.25) is 9.59 Å². The highest BCUT2D eigenvalue weighted by Gasteiger charge is 2.34. The van der Waals surface area contributed by atoms with Crippen molar-refractivity contribution >= 4 is 23.2 Å². The molecule has 0 aliphatic carbocycles. The Labute approximate surface area is 212 Å². The third-order valence-electron chi connectivity index (χ3n) is 7.13. The van der Waals surface area contributed by atoms with E-state index in [2.05, 4.69) is 21.9 Å². The number of fused-ring (bicyclic) bond motifs is 1. The van der Waals surface area contributed by atoms with Crippen molar-refractivity contribution in [1.82, 2.24) is 9.80 Å². The van der Waals surface area contributed by atoms with Crippen LogP contribution < -0.4 is 19.3 Å². The predicted octanol–water partition coefficient (Wildman–Crippen LogP) is 1.86. The summed E-state index contributed by atoms with van der Waals surface area (Å²) in [6, 6.07) is 15.8. The lowest BCUT2D eigenvalue weighted by molar-refractivity contribution is -0.142. The number of piperazine rings is 1. The number of carbonyl (C=O) groups is 2. The summed E-state index contributed by atoms with van der Waals surface area (Å²) in [5.41, 5.74) is 2.07. The van der Waals surface area contributed by atoms with Crippen LogP contribution in [0.3, 0.4) is 0 Å². The minimum absolute atomic E-state index is 0.0150. The predicted molar refractivity (Wildman–Crippen MR) is 137 cm³/mol. The number of carbonyl (C=O) groups excluding carboxylic acids is 2. The van der Waals surface area contributed by atoms with Crippen LogP contribution >= 0.6 is 0 Å². The third-order valence-corrected chi connectivity index (χ3v) is 7.13. The minimum Gasteiger partial charge on any atom is -0.497 e. The molecule has 36 heavy (non-hydrogen) atoms. The number of nitrogens with zero attached hydrogens (tertiary/aromatic N) is 4. The fourth-order valence-electron chi connectivity index (χ4n) is 5.03. The van der Waals surface area contributed by atoms with Gasteiger partial charge in [-0.25, -0.2) is 0 Å². The molecule has 3 aliphatic heterocycles. The van der Waals surface area contributed by atoms with E-state index in [1.54, 1.807) is 7.11 Å². The van der Waals surface area contributed by atoms with Crippen LogP contribution in [0.1, 0.15) is 6.42 Å². The van der Waals surface area contributed by atoms with Gasteiger partial charge in [-0.05, 0) is 36.4 Å². The van der Waals surface area contributed by atoms with E-state index in [-0.39, 0.29) is 11.8 Å². The summed E-state index contributed by atoms with van der Waals surface area (Å²) in [6.07, 6.45) is -0.184. The molecule has 3 aliphatic rings. The van der Waals surface area contributed by atoms with Crippen molar-refractivity contribution in [3.05, 3.63) is 48.5 Å². The second kappa shape index (κ2) is 11.1. The third kappa shape index (κ3) is 5.36. The fraction of sp³-hybridized carbons (Fsp3) is 0.481. The number of methoxy groups -OCH3 is 1. The fourth-order valence-corrected chi connectivity index (χ4v) is 5.03. The van der Waals surface area contributed by atoms with Crippen molar-refractivity contribution in [1.29, 1.82) is 0 Å². The van der Waals surface area contributed by atoms with Gasteiger partial charge >= 0.3 is 0 Å².